The molecule has 0 unspecified atom stereocenters. The fourth-order valence-electron chi connectivity index (χ4n) is 4.10. The summed E-state index contributed by atoms with van der Waals surface area (Å²) in [6, 6.07) is 6.32. The van der Waals surface area contributed by atoms with Crippen molar-refractivity contribution in [2.75, 3.05) is 12.4 Å². The minimum atomic E-state index is -0.564. The minimum Gasteiger partial charge on any atom is -0.479 e. The summed E-state index contributed by atoms with van der Waals surface area (Å²) in [6.45, 7) is 1.90. The molecule has 1 aliphatic rings. The van der Waals surface area contributed by atoms with Crippen molar-refractivity contribution in [3.63, 3.8) is 0 Å². The van der Waals surface area contributed by atoms with Gasteiger partial charge in [0.1, 0.15) is 5.52 Å². The minimum absolute atomic E-state index is 0.244. The van der Waals surface area contributed by atoms with E-state index in [-0.39, 0.29) is 6.04 Å². The fourth-order valence-corrected chi connectivity index (χ4v) is 4.10. The van der Waals surface area contributed by atoms with Gasteiger partial charge in [0.15, 0.2) is 0 Å². The molecule has 0 bridgehead atoms. The molecule has 150 valence electrons. The lowest BCUT2D eigenvalue weighted by molar-refractivity contribution is 0.0195. The van der Waals surface area contributed by atoms with E-state index in [9.17, 15) is 5.11 Å². The molecule has 0 radical (unpaired) electrons. The van der Waals surface area contributed by atoms with Crippen LogP contribution in [0.1, 0.15) is 32.6 Å². The van der Waals surface area contributed by atoms with E-state index >= 15 is 0 Å². The van der Waals surface area contributed by atoms with Gasteiger partial charge in [0, 0.05) is 35.1 Å². The number of hydrogen-bond donors (Lipinski definition) is 3. The van der Waals surface area contributed by atoms with Gasteiger partial charge in [-0.2, -0.15) is 4.98 Å². The summed E-state index contributed by atoms with van der Waals surface area (Å²) < 4.78 is 7.40. The van der Waals surface area contributed by atoms with Crippen LogP contribution in [0.15, 0.2) is 36.8 Å². The first-order valence-corrected chi connectivity index (χ1v) is 9.88. The fraction of sp³-hybridized carbons (Fsp3) is 0.381. The number of fused-ring (bicyclic) bond motifs is 2. The number of aliphatic hydroxyl groups is 1. The molecule has 4 heterocycles. The van der Waals surface area contributed by atoms with Gasteiger partial charge in [-0.25, -0.2) is 4.52 Å². The zero-order valence-corrected chi connectivity index (χ0v) is 16.5. The zero-order valence-electron chi connectivity index (χ0n) is 16.5. The number of rotatable bonds is 4. The van der Waals surface area contributed by atoms with Gasteiger partial charge in [0.05, 0.1) is 24.4 Å². The molecule has 0 aromatic carbocycles. The predicted molar refractivity (Wildman–Crippen MR) is 111 cm³/mol. The largest absolute Gasteiger partial charge is 0.479 e. The van der Waals surface area contributed by atoms with Gasteiger partial charge in [-0.3, -0.25) is 4.98 Å². The maximum absolute atomic E-state index is 10.2. The van der Waals surface area contributed by atoms with Crippen molar-refractivity contribution in [2.24, 2.45) is 0 Å². The monoisotopic (exact) mass is 392 g/mol. The van der Waals surface area contributed by atoms with E-state index in [2.05, 4.69) is 31.4 Å². The van der Waals surface area contributed by atoms with Gasteiger partial charge >= 0.3 is 0 Å². The number of H-pyrrole nitrogens is 1. The second-order valence-corrected chi connectivity index (χ2v) is 8.03. The smallest absolute Gasteiger partial charge is 0.244 e. The predicted octanol–water partition coefficient (Wildman–Crippen LogP) is 3.39. The maximum Gasteiger partial charge on any atom is 0.244 e. The Kier molecular flexibility index (Phi) is 4.16. The summed E-state index contributed by atoms with van der Waals surface area (Å²) in [5.41, 5.74) is 3.16. The van der Waals surface area contributed by atoms with E-state index < -0.39 is 5.60 Å². The molecule has 4 aromatic heterocycles. The van der Waals surface area contributed by atoms with Crippen LogP contribution in [0.25, 0.3) is 27.7 Å². The van der Waals surface area contributed by atoms with E-state index in [4.69, 9.17) is 4.74 Å². The summed E-state index contributed by atoms with van der Waals surface area (Å²) in [5.74, 6) is 1.05. The summed E-state index contributed by atoms with van der Waals surface area (Å²) in [4.78, 5) is 12.2. The van der Waals surface area contributed by atoms with Crippen molar-refractivity contribution < 1.29 is 9.84 Å². The molecular weight excluding hydrogens is 368 g/mol. The molecule has 29 heavy (non-hydrogen) atoms. The third-order valence-corrected chi connectivity index (χ3v) is 5.78. The van der Waals surface area contributed by atoms with E-state index in [1.54, 1.807) is 17.8 Å². The van der Waals surface area contributed by atoms with Crippen molar-refractivity contribution in [1.29, 1.82) is 0 Å². The molecule has 8 heteroatoms. The molecule has 1 aliphatic carbocycles. The lowest BCUT2D eigenvalue weighted by atomic mass is 9.84. The van der Waals surface area contributed by atoms with Gasteiger partial charge in [-0.1, -0.05) is 0 Å². The van der Waals surface area contributed by atoms with Crippen LogP contribution < -0.4 is 10.1 Å². The Morgan fingerprint density at radius 3 is 2.90 bits per heavy atom. The second kappa shape index (κ2) is 6.73. The summed E-state index contributed by atoms with van der Waals surface area (Å²) in [5, 5.41) is 19.3. The van der Waals surface area contributed by atoms with Crippen LogP contribution in [0.4, 0.5) is 5.95 Å². The number of nitrogens with one attached hydrogen (secondary N) is 2. The van der Waals surface area contributed by atoms with Gasteiger partial charge in [-0.15, -0.1) is 5.10 Å². The van der Waals surface area contributed by atoms with Crippen molar-refractivity contribution in [3.05, 3.63) is 36.8 Å². The Morgan fingerprint density at radius 2 is 2.14 bits per heavy atom. The number of anilines is 1. The highest BCUT2D eigenvalue weighted by Gasteiger charge is 2.29. The average molecular weight is 392 g/mol. The number of methoxy groups -OCH3 is 1. The Balaban J connectivity index is 1.49. The van der Waals surface area contributed by atoms with Crippen LogP contribution in [-0.4, -0.2) is 48.4 Å². The van der Waals surface area contributed by atoms with Crippen LogP contribution in [-0.2, 0) is 0 Å². The molecule has 0 saturated heterocycles. The van der Waals surface area contributed by atoms with E-state index in [1.807, 2.05) is 31.5 Å². The van der Waals surface area contributed by atoms with Crippen LogP contribution in [0.2, 0.25) is 0 Å². The zero-order chi connectivity index (χ0) is 20.0. The molecule has 3 N–H and O–H groups in total. The normalized spacial score (nSPS) is 22.2. The van der Waals surface area contributed by atoms with Crippen molar-refractivity contribution in [2.45, 2.75) is 44.2 Å². The molecule has 0 aliphatic heterocycles. The maximum atomic E-state index is 10.2. The summed E-state index contributed by atoms with van der Waals surface area (Å²) in [6.07, 6.45) is 8.82. The van der Waals surface area contributed by atoms with Gasteiger partial charge in [0.25, 0.3) is 0 Å². The van der Waals surface area contributed by atoms with Crippen LogP contribution in [0, 0.1) is 0 Å². The summed E-state index contributed by atoms with van der Waals surface area (Å²) >= 11 is 0. The standard InChI is InChI=1S/C21H24N6O2/c1-21(28)7-3-14(4-8-21)23-20-25-19(29-2)18-15(6-10-27(18)26-20)16-11-13-5-9-22-12-17(13)24-16/h5-6,9-12,14,24,28H,3-4,7-8H2,1-2H3,(H,23,26)/t14-,21-. The molecule has 1 fully saturated rings. The third kappa shape index (κ3) is 3.29. The summed E-state index contributed by atoms with van der Waals surface area (Å²) in [7, 11) is 1.62. The van der Waals surface area contributed by atoms with Gasteiger partial charge in [0.2, 0.25) is 11.8 Å². The van der Waals surface area contributed by atoms with E-state index in [1.165, 1.54) is 0 Å². The number of pyridine rings is 1. The first-order chi connectivity index (χ1) is 14.0. The topological polar surface area (TPSA) is 100 Å². The Hall–Kier alpha value is -3.13. The van der Waals surface area contributed by atoms with Crippen LogP contribution in [0.5, 0.6) is 5.88 Å². The lowest BCUT2D eigenvalue weighted by Crippen LogP contribution is -2.36. The highest BCUT2D eigenvalue weighted by Crippen LogP contribution is 2.33. The molecule has 4 aromatic rings. The van der Waals surface area contributed by atoms with E-state index in [0.29, 0.717) is 11.8 Å². The molecule has 0 spiro atoms. The number of aromatic amines is 1. The van der Waals surface area contributed by atoms with Gasteiger partial charge < -0.3 is 20.1 Å². The van der Waals surface area contributed by atoms with Crippen LogP contribution in [0.3, 0.4) is 0 Å². The van der Waals surface area contributed by atoms with Gasteiger partial charge in [-0.05, 0) is 50.8 Å². The van der Waals surface area contributed by atoms with Crippen LogP contribution >= 0.6 is 0 Å². The lowest BCUT2D eigenvalue weighted by Gasteiger charge is -2.33. The highest BCUT2D eigenvalue weighted by molar-refractivity contribution is 5.90. The first-order valence-electron chi connectivity index (χ1n) is 9.88. The molecular formula is C21H24N6O2. The Morgan fingerprint density at radius 1 is 1.31 bits per heavy atom. The van der Waals surface area contributed by atoms with Crippen molar-refractivity contribution >= 4 is 22.4 Å². The molecule has 5 rings (SSSR count). The highest BCUT2D eigenvalue weighted by atomic mass is 16.5. The molecule has 0 atom stereocenters. The number of hydrogen-bond acceptors (Lipinski definition) is 6. The number of ether oxygens (including phenoxy) is 1. The molecule has 1 saturated carbocycles. The van der Waals surface area contributed by atoms with Crippen molar-refractivity contribution in [3.8, 4) is 17.1 Å². The first kappa shape index (κ1) is 17.9. The SMILES string of the molecule is COc1nc(N[C@H]2CC[C@](C)(O)CC2)nn2ccc(-c3cc4ccncc4[nH]3)c12. The molecule has 0 amide bonds. The Bertz CT molecular complexity index is 1140. The Labute approximate surface area is 167 Å². The third-order valence-electron chi connectivity index (χ3n) is 5.78. The number of nitrogens with zero attached hydrogens (tertiary/aromatic N) is 4. The molecule has 8 nitrogen and oxygen atoms in total. The quantitative estimate of drug-likeness (QED) is 0.492. The second-order valence-electron chi connectivity index (χ2n) is 8.03. The average Bonchev–Trinajstić information content (AvgIpc) is 3.32. The van der Waals surface area contributed by atoms with Crippen molar-refractivity contribution in [1.82, 2.24) is 24.6 Å². The number of aromatic nitrogens is 5. The van der Waals surface area contributed by atoms with E-state index in [0.717, 1.165) is 53.4 Å².